The quantitative estimate of drug-likeness (QED) is 0.775. The van der Waals surface area contributed by atoms with Crippen molar-refractivity contribution >= 4 is 28.1 Å². The number of benzene rings is 2. The van der Waals surface area contributed by atoms with Crippen molar-refractivity contribution in [2.24, 2.45) is 4.99 Å². The summed E-state index contributed by atoms with van der Waals surface area (Å²) in [4.78, 5) is 20.1. The van der Waals surface area contributed by atoms with Gasteiger partial charge >= 0.3 is 0 Å². The second-order valence-corrected chi connectivity index (χ2v) is 5.41. The molecule has 0 atom stereocenters. The molecular formula is C18H14N2O4. The molecule has 3 aromatic rings. The molecule has 2 heterocycles. The minimum Gasteiger partial charge on any atom is -0.494 e. The Kier molecular flexibility index (Phi) is 3.06. The SMILES string of the molecule is COc1cc2c(cc1OC)C(=O)C(c1c(O)[nH]c3ccccc13)=N2. The first-order valence-electron chi connectivity index (χ1n) is 7.33. The van der Waals surface area contributed by atoms with Crippen molar-refractivity contribution in [3.63, 3.8) is 0 Å². The molecule has 0 unspecified atom stereocenters. The third kappa shape index (κ3) is 1.89. The molecule has 2 aromatic carbocycles. The predicted octanol–water partition coefficient (Wildman–Crippen LogP) is 3.21. The van der Waals surface area contributed by atoms with E-state index < -0.39 is 0 Å². The van der Waals surface area contributed by atoms with Gasteiger partial charge in [0.15, 0.2) is 17.4 Å². The van der Waals surface area contributed by atoms with Crippen LogP contribution < -0.4 is 9.47 Å². The zero-order valence-electron chi connectivity index (χ0n) is 13.1. The van der Waals surface area contributed by atoms with Crippen molar-refractivity contribution in [1.29, 1.82) is 0 Å². The third-order valence-corrected chi connectivity index (χ3v) is 4.12. The Hall–Kier alpha value is -3.28. The van der Waals surface area contributed by atoms with Gasteiger partial charge in [-0.25, -0.2) is 4.99 Å². The standard InChI is InChI=1S/C18H14N2O4/c1-23-13-7-10-12(8-14(13)24-2)19-16(17(10)21)15-9-5-3-4-6-11(9)20-18(15)22/h3-8,20,22H,1-2H3. The van der Waals surface area contributed by atoms with E-state index in [1.54, 1.807) is 12.1 Å². The lowest BCUT2D eigenvalue weighted by molar-refractivity contribution is 0.106. The number of hydrogen-bond acceptors (Lipinski definition) is 5. The number of ketones is 1. The van der Waals surface area contributed by atoms with Gasteiger partial charge in [-0.3, -0.25) is 4.79 Å². The molecule has 0 bridgehead atoms. The molecule has 120 valence electrons. The second-order valence-electron chi connectivity index (χ2n) is 5.41. The molecule has 0 fully saturated rings. The highest BCUT2D eigenvalue weighted by molar-refractivity contribution is 6.56. The van der Waals surface area contributed by atoms with Crippen LogP contribution in [0.2, 0.25) is 0 Å². The maximum atomic E-state index is 12.8. The van der Waals surface area contributed by atoms with Crippen LogP contribution in [0, 0.1) is 0 Å². The number of carbonyl (C=O) groups excluding carboxylic acids is 1. The summed E-state index contributed by atoms with van der Waals surface area (Å²) in [5, 5.41) is 11.0. The Bertz CT molecular complexity index is 1020. The molecule has 0 aliphatic carbocycles. The summed E-state index contributed by atoms with van der Waals surface area (Å²) in [7, 11) is 3.04. The van der Waals surface area contributed by atoms with Crippen molar-refractivity contribution in [2.45, 2.75) is 0 Å². The highest BCUT2D eigenvalue weighted by Gasteiger charge is 2.31. The number of ether oxygens (including phenoxy) is 2. The molecular weight excluding hydrogens is 308 g/mol. The van der Waals surface area contributed by atoms with Crippen LogP contribution in [-0.4, -0.2) is 35.8 Å². The fourth-order valence-electron chi connectivity index (χ4n) is 2.98. The summed E-state index contributed by atoms with van der Waals surface area (Å²) in [6.07, 6.45) is 0. The molecule has 0 saturated heterocycles. The number of nitrogens with zero attached hydrogens (tertiary/aromatic N) is 1. The van der Waals surface area contributed by atoms with Gasteiger partial charge in [-0.1, -0.05) is 18.2 Å². The van der Waals surface area contributed by atoms with Crippen molar-refractivity contribution in [3.05, 3.63) is 47.5 Å². The lowest BCUT2D eigenvalue weighted by Crippen LogP contribution is -2.11. The predicted molar refractivity (Wildman–Crippen MR) is 90.0 cm³/mol. The van der Waals surface area contributed by atoms with Crippen molar-refractivity contribution in [1.82, 2.24) is 4.98 Å². The minimum atomic E-state index is -0.258. The van der Waals surface area contributed by atoms with Gasteiger partial charge < -0.3 is 19.6 Å². The van der Waals surface area contributed by atoms with Crippen LogP contribution in [0.4, 0.5) is 5.69 Å². The minimum absolute atomic E-state index is 0.0740. The molecule has 6 nitrogen and oxygen atoms in total. The van der Waals surface area contributed by atoms with Crippen LogP contribution >= 0.6 is 0 Å². The van der Waals surface area contributed by atoms with E-state index in [-0.39, 0.29) is 17.4 Å². The summed E-state index contributed by atoms with van der Waals surface area (Å²) in [5.41, 5.74) is 2.27. The molecule has 2 N–H and O–H groups in total. The van der Waals surface area contributed by atoms with Gasteiger partial charge in [-0.15, -0.1) is 0 Å². The van der Waals surface area contributed by atoms with Crippen molar-refractivity contribution < 1.29 is 19.4 Å². The second kappa shape index (κ2) is 5.13. The number of aromatic amines is 1. The average molecular weight is 322 g/mol. The lowest BCUT2D eigenvalue weighted by Gasteiger charge is -2.08. The third-order valence-electron chi connectivity index (χ3n) is 4.12. The summed E-state index contributed by atoms with van der Waals surface area (Å²) in [6.45, 7) is 0. The number of hydrogen-bond donors (Lipinski definition) is 2. The van der Waals surface area contributed by atoms with Crippen LogP contribution in [0.15, 0.2) is 41.4 Å². The maximum Gasteiger partial charge on any atom is 0.214 e. The fourth-order valence-corrected chi connectivity index (χ4v) is 2.98. The maximum absolute atomic E-state index is 12.8. The summed E-state index contributed by atoms with van der Waals surface area (Å²) >= 11 is 0. The number of para-hydroxylation sites is 1. The van der Waals surface area contributed by atoms with E-state index in [0.717, 1.165) is 10.9 Å². The molecule has 6 heteroatoms. The van der Waals surface area contributed by atoms with Gasteiger partial charge in [0.25, 0.3) is 0 Å². The number of carbonyl (C=O) groups is 1. The van der Waals surface area contributed by atoms with E-state index in [1.807, 2.05) is 24.3 Å². The Balaban J connectivity index is 1.91. The number of methoxy groups -OCH3 is 2. The molecule has 1 aromatic heterocycles. The number of rotatable bonds is 3. The Morgan fingerprint density at radius 3 is 2.54 bits per heavy atom. The average Bonchev–Trinajstić information content (AvgIpc) is 3.09. The molecule has 4 rings (SSSR count). The topological polar surface area (TPSA) is 83.9 Å². The molecule has 0 spiro atoms. The van der Waals surface area contributed by atoms with Crippen LogP contribution in [0.1, 0.15) is 15.9 Å². The highest BCUT2D eigenvalue weighted by Crippen LogP contribution is 2.40. The first-order valence-corrected chi connectivity index (χ1v) is 7.33. The van der Waals surface area contributed by atoms with Crippen molar-refractivity contribution in [3.8, 4) is 17.4 Å². The van der Waals surface area contributed by atoms with Crippen molar-refractivity contribution in [2.75, 3.05) is 14.2 Å². The number of aromatic nitrogens is 1. The molecule has 1 aliphatic heterocycles. The van der Waals surface area contributed by atoms with Gasteiger partial charge in [0.1, 0.15) is 5.71 Å². The zero-order chi connectivity index (χ0) is 16.8. The Morgan fingerprint density at radius 2 is 1.79 bits per heavy atom. The number of fused-ring (bicyclic) bond motifs is 2. The monoisotopic (exact) mass is 322 g/mol. The zero-order valence-corrected chi connectivity index (χ0v) is 13.1. The van der Waals surface area contributed by atoms with Crippen LogP contribution in [0.25, 0.3) is 10.9 Å². The van der Waals surface area contributed by atoms with Crippen LogP contribution in [0.3, 0.4) is 0 Å². The van der Waals surface area contributed by atoms with Gasteiger partial charge in [0.05, 0.1) is 31.0 Å². The number of aliphatic imine (C=N–C) groups is 1. The smallest absolute Gasteiger partial charge is 0.214 e. The summed E-state index contributed by atoms with van der Waals surface area (Å²) in [6, 6.07) is 10.6. The van der Waals surface area contributed by atoms with E-state index >= 15 is 0 Å². The molecule has 0 radical (unpaired) electrons. The molecule has 0 saturated carbocycles. The van der Waals surface area contributed by atoms with Gasteiger partial charge in [-0.2, -0.15) is 0 Å². The normalized spacial score (nSPS) is 13.1. The number of nitrogens with one attached hydrogen (secondary N) is 1. The van der Waals surface area contributed by atoms with Crippen LogP contribution in [-0.2, 0) is 0 Å². The highest BCUT2D eigenvalue weighted by atomic mass is 16.5. The number of H-pyrrole nitrogens is 1. The first-order chi connectivity index (χ1) is 11.6. The van der Waals surface area contributed by atoms with Gasteiger partial charge in [-0.05, 0) is 12.1 Å². The van der Waals surface area contributed by atoms with Gasteiger partial charge in [0.2, 0.25) is 5.78 Å². The van der Waals surface area contributed by atoms with E-state index in [1.165, 1.54) is 14.2 Å². The first kappa shape index (κ1) is 14.3. The summed E-state index contributed by atoms with van der Waals surface area (Å²) in [5.74, 6) is 0.627. The number of Topliss-reactive ketones (excluding diaryl/α,β-unsaturated/α-hetero) is 1. The largest absolute Gasteiger partial charge is 0.494 e. The Morgan fingerprint density at radius 1 is 1.08 bits per heavy atom. The van der Waals surface area contributed by atoms with E-state index in [4.69, 9.17) is 9.47 Å². The van der Waals surface area contributed by atoms with E-state index in [0.29, 0.717) is 28.3 Å². The lowest BCUT2D eigenvalue weighted by atomic mass is 10.0. The Labute approximate surface area is 137 Å². The fraction of sp³-hybridized carbons (Fsp3) is 0.111. The molecule has 0 amide bonds. The molecule has 24 heavy (non-hydrogen) atoms. The molecule has 1 aliphatic rings. The van der Waals surface area contributed by atoms with Gasteiger partial charge in [0, 0.05) is 17.0 Å². The summed E-state index contributed by atoms with van der Waals surface area (Å²) < 4.78 is 10.5. The van der Waals surface area contributed by atoms with E-state index in [9.17, 15) is 9.90 Å². The van der Waals surface area contributed by atoms with E-state index in [2.05, 4.69) is 9.98 Å². The van der Waals surface area contributed by atoms with Crippen LogP contribution in [0.5, 0.6) is 17.4 Å². The number of aromatic hydroxyl groups is 1.